The Bertz CT molecular complexity index is 607. The standard InChI is InChI=1S/C17H22N2OS/c1-11-9-15(13(3)21-11)12(2)19-17(20)10-16(18)14-7-5-4-6-8-14/h4-9,12,16H,10,18H2,1-3H3,(H,19,20). The quantitative estimate of drug-likeness (QED) is 0.886. The lowest BCUT2D eigenvalue weighted by atomic mass is 10.0. The number of thiophene rings is 1. The van der Waals surface area contributed by atoms with Crippen LogP contribution in [0.15, 0.2) is 36.4 Å². The van der Waals surface area contributed by atoms with Crippen molar-refractivity contribution >= 4 is 17.2 Å². The zero-order chi connectivity index (χ0) is 15.4. The lowest BCUT2D eigenvalue weighted by Crippen LogP contribution is -2.29. The summed E-state index contributed by atoms with van der Waals surface area (Å²) in [4.78, 5) is 14.7. The summed E-state index contributed by atoms with van der Waals surface area (Å²) in [6.45, 7) is 6.19. The van der Waals surface area contributed by atoms with Gasteiger partial charge in [-0.05, 0) is 38.0 Å². The van der Waals surface area contributed by atoms with Gasteiger partial charge in [-0.15, -0.1) is 11.3 Å². The van der Waals surface area contributed by atoms with Crippen molar-refractivity contribution in [2.75, 3.05) is 0 Å². The number of carbonyl (C=O) groups is 1. The number of carbonyl (C=O) groups excluding carboxylic acids is 1. The van der Waals surface area contributed by atoms with E-state index in [-0.39, 0.29) is 18.0 Å². The lowest BCUT2D eigenvalue weighted by molar-refractivity contribution is -0.122. The van der Waals surface area contributed by atoms with E-state index < -0.39 is 0 Å². The summed E-state index contributed by atoms with van der Waals surface area (Å²) in [6.07, 6.45) is 0.302. The largest absolute Gasteiger partial charge is 0.349 e. The molecule has 2 aromatic rings. The second kappa shape index (κ2) is 6.87. The van der Waals surface area contributed by atoms with E-state index in [0.717, 1.165) is 5.56 Å². The molecule has 0 saturated heterocycles. The van der Waals surface area contributed by atoms with E-state index in [1.807, 2.05) is 37.3 Å². The summed E-state index contributed by atoms with van der Waals surface area (Å²) >= 11 is 1.76. The molecule has 0 saturated carbocycles. The van der Waals surface area contributed by atoms with Gasteiger partial charge < -0.3 is 11.1 Å². The highest BCUT2D eigenvalue weighted by atomic mass is 32.1. The molecule has 112 valence electrons. The zero-order valence-corrected chi connectivity index (χ0v) is 13.5. The molecular weight excluding hydrogens is 280 g/mol. The first kappa shape index (κ1) is 15.7. The molecule has 2 unspecified atom stereocenters. The smallest absolute Gasteiger partial charge is 0.222 e. The van der Waals surface area contributed by atoms with E-state index in [0.29, 0.717) is 6.42 Å². The number of benzene rings is 1. The van der Waals surface area contributed by atoms with Gasteiger partial charge in [0.15, 0.2) is 0 Å². The van der Waals surface area contributed by atoms with Crippen LogP contribution in [0.1, 0.15) is 46.3 Å². The summed E-state index contributed by atoms with van der Waals surface area (Å²) in [6, 6.07) is 11.6. The highest BCUT2D eigenvalue weighted by Crippen LogP contribution is 2.26. The Morgan fingerprint density at radius 3 is 2.52 bits per heavy atom. The molecule has 21 heavy (non-hydrogen) atoms. The lowest BCUT2D eigenvalue weighted by Gasteiger charge is -2.16. The number of nitrogens with two attached hydrogens (primary N) is 1. The molecule has 0 aliphatic rings. The third-order valence-electron chi connectivity index (χ3n) is 3.56. The Morgan fingerprint density at radius 2 is 1.95 bits per heavy atom. The van der Waals surface area contributed by atoms with Crippen molar-refractivity contribution in [3.63, 3.8) is 0 Å². The number of hydrogen-bond donors (Lipinski definition) is 2. The average molecular weight is 302 g/mol. The summed E-state index contributed by atoms with van der Waals surface area (Å²) in [5.74, 6) is -0.0119. The van der Waals surface area contributed by atoms with E-state index in [9.17, 15) is 4.79 Å². The van der Waals surface area contributed by atoms with Crippen molar-refractivity contribution in [1.82, 2.24) is 5.32 Å². The van der Waals surface area contributed by atoms with E-state index in [2.05, 4.69) is 25.2 Å². The number of nitrogens with one attached hydrogen (secondary N) is 1. The second-order valence-electron chi connectivity index (χ2n) is 5.38. The summed E-state index contributed by atoms with van der Waals surface area (Å²) < 4.78 is 0. The molecular formula is C17H22N2OS. The molecule has 1 aromatic carbocycles. The molecule has 0 spiro atoms. The fourth-order valence-corrected chi connectivity index (χ4v) is 3.50. The number of rotatable bonds is 5. The third kappa shape index (κ3) is 4.16. The summed E-state index contributed by atoms with van der Waals surface area (Å²) in [5, 5.41) is 3.04. The van der Waals surface area contributed by atoms with E-state index >= 15 is 0 Å². The molecule has 3 nitrogen and oxygen atoms in total. The van der Waals surface area contributed by atoms with Crippen LogP contribution in [-0.2, 0) is 4.79 Å². The van der Waals surface area contributed by atoms with Crippen LogP contribution >= 0.6 is 11.3 Å². The van der Waals surface area contributed by atoms with Gasteiger partial charge in [-0.25, -0.2) is 0 Å². The van der Waals surface area contributed by atoms with Crippen LogP contribution in [0.25, 0.3) is 0 Å². The minimum atomic E-state index is -0.260. The van der Waals surface area contributed by atoms with E-state index in [4.69, 9.17) is 5.73 Å². The van der Waals surface area contributed by atoms with Gasteiger partial charge in [0, 0.05) is 22.2 Å². The fourth-order valence-electron chi connectivity index (χ4n) is 2.48. The Kier molecular flexibility index (Phi) is 5.15. The van der Waals surface area contributed by atoms with Crippen LogP contribution in [-0.4, -0.2) is 5.91 Å². The number of hydrogen-bond acceptors (Lipinski definition) is 3. The van der Waals surface area contributed by atoms with Crippen molar-refractivity contribution in [1.29, 1.82) is 0 Å². The van der Waals surface area contributed by atoms with Crippen molar-refractivity contribution in [2.24, 2.45) is 5.73 Å². The average Bonchev–Trinajstić information content (AvgIpc) is 2.78. The molecule has 1 amide bonds. The normalized spacial score (nSPS) is 13.7. The summed E-state index contributed by atoms with van der Waals surface area (Å²) in [7, 11) is 0. The highest BCUT2D eigenvalue weighted by molar-refractivity contribution is 7.12. The second-order valence-corrected chi connectivity index (χ2v) is 6.84. The summed E-state index contributed by atoms with van der Waals surface area (Å²) in [5.41, 5.74) is 8.27. The first-order chi connectivity index (χ1) is 9.97. The van der Waals surface area contributed by atoms with Gasteiger partial charge in [-0.2, -0.15) is 0 Å². The molecule has 2 atom stereocenters. The zero-order valence-electron chi connectivity index (χ0n) is 12.7. The topological polar surface area (TPSA) is 55.1 Å². The molecule has 3 N–H and O–H groups in total. The maximum absolute atomic E-state index is 12.1. The molecule has 2 rings (SSSR count). The Morgan fingerprint density at radius 1 is 1.29 bits per heavy atom. The minimum Gasteiger partial charge on any atom is -0.349 e. The van der Waals surface area contributed by atoms with Crippen LogP contribution in [0, 0.1) is 13.8 Å². The monoisotopic (exact) mass is 302 g/mol. The van der Waals surface area contributed by atoms with Crippen LogP contribution < -0.4 is 11.1 Å². The van der Waals surface area contributed by atoms with Crippen LogP contribution in [0.4, 0.5) is 0 Å². The Hall–Kier alpha value is -1.65. The number of amides is 1. The molecule has 0 radical (unpaired) electrons. The first-order valence-corrected chi connectivity index (χ1v) is 7.96. The number of aryl methyl sites for hydroxylation is 2. The highest BCUT2D eigenvalue weighted by Gasteiger charge is 2.16. The van der Waals surface area contributed by atoms with E-state index in [1.165, 1.54) is 15.3 Å². The molecule has 1 aromatic heterocycles. The van der Waals surface area contributed by atoms with Crippen molar-refractivity contribution in [2.45, 2.75) is 39.3 Å². The van der Waals surface area contributed by atoms with Crippen molar-refractivity contribution < 1.29 is 4.79 Å². The molecule has 0 fully saturated rings. The maximum atomic E-state index is 12.1. The van der Waals surface area contributed by atoms with Gasteiger partial charge in [0.05, 0.1) is 6.04 Å². The predicted octanol–water partition coefficient (Wildman–Crippen LogP) is 3.63. The van der Waals surface area contributed by atoms with Crippen LogP contribution in [0.5, 0.6) is 0 Å². The maximum Gasteiger partial charge on any atom is 0.222 e. The molecule has 0 aliphatic carbocycles. The molecule has 0 bridgehead atoms. The van der Waals surface area contributed by atoms with Crippen LogP contribution in [0.3, 0.4) is 0 Å². The van der Waals surface area contributed by atoms with Gasteiger partial charge in [0.2, 0.25) is 5.91 Å². The van der Waals surface area contributed by atoms with Gasteiger partial charge in [0.25, 0.3) is 0 Å². The van der Waals surface area contributed by atoms with Crippen molar-refractivity contribution in [3.8, 4) is 0 Å². The first-order valence-electron chi connectivity index (χ1n) is 7.14. The van der Waals surface area contributed by atoms with Crippen molar-refractivity contribution in [3.05, 3.63) is 57.3 Å². The molecule has 4 heteroatoms. The van der Waals surface area contributed by atoms with Gasteiger partial charge in [0.1, 0.15) is 0 Å². The van der Waals surface area contributed by atoms with Crippen LogP contribution in [0.2, 0.25) is 0 Å². The van der Waals surface area contributed by atoms with Gasteiger partial charge in [-0.3, -0.25) is 4.79 Å². The third-order valence-corrected chi connectivity index (χ3v) is 4.54. The SMILES string of the molecule is Cc1cc(C(C)NC(=O)CC(N)c2ccccc2)c(C)s1. The molecule has 0 aliphatic heterocycles. The van der Waals surface area contributed by atoms with Gasteiger partial charge in [-0.1, -0.05) is 30.3 Å². The molecule has 1 heterocycles. The minimum absolute atomic E-state index is 0.0119. The predicted molar refractivity (Wildman–Crippen MR) is 88.3 cm³/mol. The van der Waals surface area contributed by atoms with Gasteiger partial charge >= 0.3 is 0 Å². The van der Waals surface area contributed by atoms with E-state index in [1.54, 1.807) is 11.3 Å². The Labute approximate surface area is 130 Å². The fraction of sp³-hybridized carbons (Fsp3) is 0.353. The Balaban J connectivity index is 1.94.